The van der Waals surface area contributed by atoms with Gasteiger partial charge in [0.2, 0.25) is 0 Å². The molecular formula is C15H25N. The van der Waals surface area contributed by atoms with Crippen LogP contribution in [-0.4, -0.2) is 0 Å². The maximum absolute atomic E-state index is 6.32. The van der Waals surface area contributed by atoms with E-state index < -0.39 is 0 Å². The van der Waals surface area contributed by atoms with Gasteiger partial charge in [0.15, 0.2) is 0 Å². The van der Waals surface area contributed by atoms with Crippen molar-refractivity contribution < 1.29 is 0 Å². The van der Waals surface area contributed by atoms with E-state index in [4.69, 9.17) is 5.73 Å². The van der Waals surface area contributed by atoms with Crippen LogP contribution in [0.15, 0.2) is 12.1 Å². The van der Waals surface area contributed by atoms with E-state index in [9.17, 15) is 0 Å². The fourth-order valence-electron chi connectivity index (χ4n) is 2.49. The molecule has 0 aromatic heterocycles. The van der Waals surface area contributed by atoms with Crippen molar-refractivity contribution in [2.24, 2.45) is 11.7 Å². The van der Waals surface area contributed by atoms with Crippen LogP contribution < -0.4 is 5.73 Å². The second kappa shape index (κ2) is 5.49. The van der Waals surface area contributed by atoms with Crippen LogP contribution in [0.2, 0.25) is 0 Å². The number of rotatable bonds is 4. The first-order valence-electron chi connectivity index (χ1n) is 6.29. The van der Waals surface area contributed by atoms with E-state index in [0.717, 1.165) is 6.42 Å². The maximum Gasteiger partial charge on any atom is 0.0302 e. The molecule has 1 aromatic carbocycles. The molecule has 0 aliphatic rings. The van der Waals surface area contributed by atoms with Gasteiger partial charge < -0.3 is 5.73 Å². The quantitative estimate of drug-likeness (QED) is 0.812. The van der Waals surface area contributed by atoms with Gasteiger partial charge in [0.25, 0.3) is 0 Å². The van der Waals surface area contributed by atoms with E-state index in [1.807, 2.05) is 0 Å². The average molecular weight is 219 g/mol. The van der Waals surface area contributed by atoms with Crippen molar-refractivity contribution in [2.75, 3.05) is 0 Å². The van der Waals surface area contributed by atoms with Crippen molar-refractivity contribution >= 4 is 0 Å². The van der Waals surface area contributed by atoms with Gasteiger partial charge in [-0.25, -0.2) is 0 Å². The minimum absolute atomic E-state index is 0.190. The van der Waals surface area contributed by atoms with Gasteiger partial charge in [-0.05, 0) is 49.8 Å². The molecule has 0 heterocycles. The molecule has 0 aliphatic carbocycles. The van der Waals surface area contributed by atoms with Crippen molar-refractivity contribution in [3.8, 4) is 0 Å². The molecule has 0 radical (unpaired) electrons. The van der Waals surface area contributed by atoms with Crippen molar-refractivity contribution in [3.05, 3.63) is 34.4 Å². The predicted octanol–water partition coefficient (Wildman–Crippen LogP) is 4.05. The van der Waals surface area contributed by atoms with Crippen LogP contribution in [0.3, 0.4) is 0 Å². The summed E-state index contributed by atoms with van der Waals surface area (Å²) in [6.07, 6.45) is 2.29. The van der Waals surface area contributed by atoms with Crippen LogP contribution in [-0.2, 0) is 0 Å². The van der Waals surface area contributed by atoms with Crippen molar-refractivity contribution in [3.63, 3.8) is 0 Å². The van der Waals surface area contributed by atoms with E-state index in [1.54, 1.807) is 0 Å². The molecule has 1 rings (SSSR count). The van der Waals surface area contributed by atoms with Gasteiger partial charge in [-0.2, -0.15) is 0 Å². The first-order chi connectivity index (χ1) is 7.45. The molecule has 0 bridgehead atoms. The molecule has 90 valence electrons. The Labute approximate surface area is 100 Å². The molecule has 0 aliphatic heterocycles. The highest BCUT2D eigenvalue weighted by atomic mass is 14.6. The van der Waals surface area contributed by atoms with Crippen LogP contribution in [0.4, 0.5) is 0 Å². The molecule has 1 aromatic rings. The van der Waals surface area contributed by atoms with Gasteiger partial charge in [-0.3, -0.25) is 0 Å². The predicted molar refractivity (Wildman–Crippen MR) is 71.7 cm³/mol. The highest BCUT2D eigenvalue weighted by molar-refractivity contribution is 5.39. The van der Waals surface area contributed by atoms with Crippen LogP contribution >= 0.6 is 0 Å². The highest BCUT2D eigenvalue weighted by Gasteiger charge is 2.14. The summed E-state index contributed by atoms with van der Waals surface area (Å²) in [5, 5.41) is 0. The van der Waals surface area contributed by atoms with E-state index in [2.05, 4.69) is 46.8 Å². The summed E-state index contributed by atoms with van der Waals surface area (Å²) in [5.74, 6) is 0.704. The largest absolute Gasteiger partial charge is 0.324 e. The summed E-state index contributed by atoms with van der Waals surface area (Å²) < 4.78 is 0. The number of hydrogen-bond donors (Lipinski definition) is 1. The molecular weight excluding hydrogens is 194 g/mol. The van der Waals surface area contributed by atoms with E-state index in [-0.39, 0.29) is 6.04 Å². The SMILES string of the molecule is CCC(C)CC(N)c1c(C)cc(C)cc1C. The summed E-state index contributed by atoms with van der Waals surface area (Å²) in [6.45, 7) is 11.0. The lowest BCUT2D eigenvalue weighted by Gasteiger charge is -2.21. The molecule has 0 saturated heterocycles. The zero-order chi connectivity index (χ0) is 12.3. The minimum atomic E-state index is 0.190. The molecule has 0 amide bonds. The molecule has 0 fully saturated rings. The van der Waals surface area contributed by atoms with Crippen molar-refractivity contribution in [2.45, 2.75) is 53.5 Å². The summed E-state index contributed by atoms with van der Waals surface area (Å²) in [7, 11) is 0. The summed E-state index contributed by atoms with van der Waals surface area (Å²) >= 11 is 0. The number of hydrogen-bond acceptors (Lipinski definition) is 1. The Balaban J connectivity index is 2.95. The second-order valence-corrected chi connectivity index (χ2v) is 5.17. The fraction of sp³-hybridized carbons (Fsp3) is 0.600. The lowest BCUT2D eigenvalue weighted by Crippen LogP contribution is -2.16. The van der Waals surface area contributed by atoms with Crippen LogP contribution in [0.1, 0.15) is 55.0 Å². The van der Waals surface area contributed by atoms with E-state index in [1.165, 1.54) is 28.7 Å². The Kier molecular flexibility index (Phi) is 4.55. The minimum Gasteiger partial charge on any atom is -0.324 e. The monoisotopic (exact) mass is 219 g/mol. The standard InChI is InChI=1S/C15H25N/c1-6-10(2)9-14(16)15-12(4)7-11(3)8-13(15)5/h7-8,10,14H,6,9,16H2,1-5H3. The molecule has 1 nitrogen and oxygen atoms in total. The molecule has 0 saturated carbocycles. The number of nitrogens with two attached hydrogens (primary N) is 1. The van der Waals surface area contributed by atoms with Crippen LogP contribution in [0, 0.1) is 26.7 Å². The highest BCUT2D eigenvalue weighted by Crippen LogP contribution is 2.27. The van der Waals surface area contributed by atoms with E-state index >= 15 is 0 Å². The fourth-order valence-corrected chi connectivity index (χ4v) is 2.49. The van der Waals surface area contributed by atoms with Gasteiger partial charge in [-0.1, -0.05) is 38.0 Å². The Hall–Kier alpha value is -0.820. The van der Waals surface area contributed by atoms with Gasteiger partial charge in [-0.15, -0.1) is 0 Å². The Morgan fingerprint density at radius 1 is 1.12 bits per heavy atom. The third-order valence-electron chi connectivity index (χ3n) is 3.46. The summed E-state index contributed by atoms with van der Waals surface area (Å²) in [4.78, 5) is 0. The summed E-state index contributed by atoms with van der Waals surface area (Å²) in [6, 6.07) is 4.66. The zero-order valence-corrected chi connectivity index (χ0v) is 11.3. The molecule has 2 unspecified atom stereocenters. The second-order valence-electron chi connectivity index (χ2n) is 5.17. The first-order valence-corrected chi connectivity index (χ1v) is 6.29. The third kappa shape index (κ3) is 3.08. The summed E-state index contributed by atoms with van der Waals surface area (Å²) in [5.41, 5.74) is 11.7. The van der Waals surface area contributed by atoms with Crippen molar-refractivity contribution in [1.82, 2.24) is 0 Å². The number of aryl methyl sites for hydroxylation is 3. The third-order valence-corrected chi connectivity index (χ3v) is 3.46. The lowest BCUT2D eigenvalue weighted by atomic mass is 9.89. The molecule has 2 atom stereocenters. The smallest absolute Gasteiger partial charge is 0.0302 e. The lowest BCUT2D eigenvalue weighted by molar-refractivity contribution is 0.459. The average Bonchev–Trinajstić information content (AvgIpc) is 2.15. The van der Waals surface area contributed by atoms with Gasteiger partial charge in [0, 0.05) is 6.04 Å². The Morgan fingerprint density at radius 3 is 2.06 bits per heavy atom. The first kappa shape index (κ1) is 13.2. The van der Waals surface area contributed by atoms with Gasteiger partial charge >= 0.3 is 0 Å². The van der Waals surface area contributed by atoms with Crippen LogP contribution in [0.5, 0.6) is 0 Å². The van der Waals surface area contributed by atoms with Gasteiger partial charge in [0.1, 0.15) is 0 Å². The molecule has 2 N–H and O–H groups in total. The maximum atomic E-state index is 6.32. The Morgan fingerprint density at radius 2 is 1.62 bits per heavy atom. The molecule has 16 heavy (non-hydrogen) atoms. The normalized spacial score (nSPS) is 14.9. The topological polar surface area (TPSA) is 26.0 Å². The number of benzene rings is 1. The van der Waals surface area contributed by atoms with Crippen molar-refractivity contribution in [1.29, 1.82) is 0 Å². The zero-order valence-electron chi connectivity index (χ0n) is 11.3. The van der Waals surface area contributed by atoms with E-state index in [0.29, 0.717) is 5.92 Å². The molecule has 0 spiro atoms. The van der Waals surface area contributed by atoms with Gasteiger partial charge in [0.05, 0.1) is 0 Å². The Bertz CT molecular complexity index is 331. The molecule has 1 heteroatoms. The van der Waals surface area contributed by atoms with Crippen LogP contribution in [0.25, 0.3) is 0 Å².